The minimum Gasteiger partial charge on any atom is -0.491 e. The molecule has 2 rings (SSSR count). The third kappa shape index (κ3) is 4.46. The predicted octanol–water partition coefficient (Wildman–Crippen LogP) is 3.80. The molecule has 1 unspecified atom stereocenters. The van der Waals surface area contributed by atoms with Gasteiger partial charge in [0.2, 0.25) is 0 Å². The quantitative estimate of drug-likeness (QED) is 0.783. The summed E-state index contributed by atoms with van der Waals surface area (Å²) in [6.07, 6.45) is 0. The number of nitrogens with one attached hydrogen (secondary N) is 1. The second-order valence-corrected chi connectivity index (χ2v) is 6.09. The molecule has 0 spiro atoms. The van der Waals surface area contributed by atoms with Gasteiger partial charge in [0.15, 0.2) is 0 Å². The molecule has 0 bridgehead atoms. The number of rotatable bonds is 5. The van der Waals surface area contributed by atoms with E-state index in [0.29, 0.717) is 12.2 Å². The van der Waals surface area contributed by atoms with Crippen LogP contribution in [0.5, 0.6) is 5.75 Å². The van der Waals surface area contributed by atoms with Crippen LogP contribution >= 0.6 is 22.6 Å². The van der Waals surface area contributed by atoms with Crippen molar-refractivity contribution in [3.05, 3.63) is 63.2 Å². The highest BCUT2D eigenvalue weighted by molar-refractivity contribution is 14.1. The first-order valence-electron chi connectivity index (χ1n) is 6.81. The van der Waals surface area contributed by atoms with Crippen molar-refractivity contribution in [3.8, 4) is 5.75 Å². The Bertz CT molecular complexity index is 628. The Morgan fingerprint density at radius 2 is 1.86 bits per heavy atom. The summed E-state index contributed by atoms with van der Waals surface area (Å²) >= 11 is 2.17. The zero-order valence-corrected chi connectivity index (χ0v) is 14.3. The van der Waals surface area contributed by atoms with Crippen molar-refractivity contribution in [3.63, 3.8) is 0 Å². The molecule has 110 valence electrons. The number of hydrogen-bond acceptors (Lipinski definition) is 2. The van der Waals surface area contributed by atoms with Crippen LogP contribution in [-0.4, -0.2) is 18.6 Å². The first kappa shape index (κ1) is 15.8. The zero-order valence-electron chi connectivity index (χ0n) is 12.1. The van der Waals surface area contributed by atoms with E-state index in [1.165, 1.54) is 0 Å². The van der Waals surface area contributed by atoms with Gasteiger partial charge in [0.25, 0.3) is 5.91 Å². The van der Waals surface area contributed by atoms with E-state index in [0.717, 1.165) is 14.9 Å². The van der Waals surface area contributed by atoms with E-state index < -0.39 is 0 Å². The standard InChI is InChI=1S/C17H18INO2/c1-12-7-3-6-10-16(12)21-11-13(2)19-17(20)14-8-4-5-9-15(14)18/h3-10,13H,11H2,1-2H3,(H,19,20). The summed E-state index contributed by atoms with van der Waals surface area (Å²) in [5, 5.41) is 2.96. The molecule has 21 heavy (non-hydrogen) atoms. The summed E-state index contributed by atoms with van der Waals surface area (Å²) < 4.78 is 6.69. The molecule has 0 aromatic heterocycles. The Kier molecular flexibility index (Phi) is 5.61. The predicted molar refractivity (Wildman–Crippen MR) is 92.8 cm³/mol. The molecule has 0 saturated heterocycles. The molecule has 0 aliphatic heterocycles. The van der Waals surface area contributed by atoms with E-state index >= 15 is 0 Å². The van der Waals surface area contributed by atoms with Crippen molar-refractivity contribution in [2.75, 3.05) is 6.61 Å². The molecule has 1 amide bonds. The van der Waals surface area contributed by atoms with Crippen molar-refractivity contribution < 1.29 is 9.53 Å². The van der Waals surface area contributed by atoms with Crippen LogP contribution in [0, 0.1) is 10.5 Å². The summed E-state index contributed by atoms with van der Waals surface area (Å²) in [7, 11) is 0. The maximum absolute atomic E-state index is 12.2. The number of ether oxygens (including phenoxy) is 1. The van der Waals surface area contributed by atoms with Gasteiger partial charge in [0, 0.05) is 3.57 Å². The molecular weight excluding hydrogens is 377 g/mol. The van der Waals surface area contributed by atoms with Crippen LogP contribution in [0.3, 0.4) is 0 Å². The van der Waals surface area contributed by atoms with E-state index in [-0.39, 0.29) is 11.9 Å². The number of halogens is 1. The average molecular weight is 395 g/mol. The SMILES string of the molecule is Cc1ccccc1OCC(C)NC(=O)c1ccccc1I. The number of amides is 1. The molecule has 1 N–H and O–H groups in total. The molecule has 3 nitrogen and oxygen atoms in total. The Hall–Kier alpha value is -1.56. The van der Waals surface area contributed by atoms with Crippen LogP contribution in [0.2, 0.25) is 0 Å². The minimum atomic E-state index is -0.0686. The lowest BCUT2D eigenvalue weighted by Gasteiger charge is -2.16. The van der Waals surface area contributed by atoms with Crippen molar-refractivity contribution in [1.82, 2.24) is 5.32 Å². The fourth-order valence-electron chi connectivity index (χ4n) is 1.92. The summed E-state index contributed by atoms with van der Waals surface area (Å²) in [4.78, 5) is 12.2. The lowest BCUT2D eigenvalue weighted by molar-refractivity contribution is 0.0925. The maximum atomic E-state index is 12.2. The summed E-state index contributed by atoms with van der Waals surface area (Å²) in [6, 6.07) is 15.3. The van der Waals surface area contributed by atoms with E-state index in [9.17, 15) is 4.79 Å². The highest BCUT2D eigenvalue weighted by Gasteiger charge is 2.12. The zero-order chi connectivity index (χ0) is 15.2. The molecule has 4 heteroatoms. The first-order chi connectivity index (χ1) is 10.1. The van der Waals surface area contributed by atoms with Gasteiger partial charge in [-0.05, 0) is 60.2 Å². The van der Waals surface area contributed by atoms with Gasteiger partial charge in [-0.2, -0.15) is 0 Å². The molecule has 0 saturated carbocycles. The fourth-order valence-corrected chi connectivity index (χ4v) is 2.55. The Morgan fingerprint density at radius 1 is 1.19 bits per heavy atom. The number of benzene rings is 2. The highest BCUT2D eigenvalue weighted by atomic mass is 127. The van der Waals surface area contributed by atoms with Crippen molar-refractivity contribution in [2.45, 2.75) is 19.9 Å². The largest absolute Gasteiger partial charge is 0.491 e. The van der Waals surface area contributed by atoms with Crippen LogP contribution < -0.4 is 10.1 Å². The van der Waals surface area contributed by atoms with Gasteiger partial charge in [-0.25, -0.2) is 0 Å². The van der Waals surface area contributed by atoms with Gasteiger partial charge in [0.1, 0.15) is 12.4 Å². The lowest BCUT2D eigenvalue weighted by Crippen LogP contribution is -2.37. The van der Waals surface area contributed by atoms with Gasteiger partial charge in [-0.3, -0.25) is 4.79 Å². The van der Waals surface area contributed by atoms with Crippen LogP contribution in [-0.2, 0) is 0 Å². The Morgan fingerprint density at radius 3 is 2.57 bits per heavy atom. The second-order valence-electron chi connectivity index (χ2n) is 4.93. The Labute approximate surface area is 138 Å². The number of carbonyl (C=O) groups is 1. The first-order valence-corrected chi connectivity index (χ1v) is 7.89. The number of hydrogen-bond donors (Lipinski definition) is 1. The second kappa shape index (κ2) is 7.45. The van der Waals surface area contributed by atoms with Gasteiger partial charge in [-0.15, -0.1) is 0 Å². The number of para-hydroxylation sites is 1. The van der Waals surface area contributed by atoms with Crippen LogP contribution in [0.4, 0.5) is 0 Å². The molecule has 2 aromatic rings. The van der Waals surface area contributed by atoms with Crippen LogP contribution in [0.25, 0.3) is 0 Å². The van der Waals surface area contributed by atoms with Crippen LogP contribution in [0.1, 0.15) is 22.8 Å². The van der Waals surface area contributed by atoms with Gasteiger partial charge in [0.05, 0.1) is 11.6 Å². The van der Waals surface area contributed by atoms with Gasteiger partial charge >= 0.3 is 0 Å². The average Bonchev–Trinajstić information content (AvgIpc) is 2.46. The molecule has 0 radical (unpaired) electrons. The molecule has 0 fully saturated rings. The number of aryl methyl sites for hydroxylation is 1. The molecular formula is C17H18INO2. The fraction of sp³-hybridized carbons (Fsp3) is 0.235. The smallest absolute Gasteiger partial charge is 0.252 e. The van der Waals surface area contributed by atoms with E-state index in [4.69, 9.17) is 4.74 Å². The molecule has 0 aliphatic rings. The van der Waals surface area contributed by atoms with Gasteiger partial charge < -0.3 is 10.1 Å². The van der Waals surface area contributed by atoms with E-state index in [1.807, 2.05) is 62.4 Å². The third-order valence-corrected chi connectivity index (χ3v) is 4.02. The monoisotopic (exact) mass is 395 g/mol. The molecule has 0 heterocycles. The van der Waals surface area contributed by atoms with E-state index in [1.54, 1.807) is 0 Å². The third-order valence-electron chi connectivity index (χ3n) is 3.08. The summed E-state index contributed by atoms with van der Waals surface area (Å²) in [5.41, 5.74) is 1.79. The molecule has 0 aliphatic carbocycles. The van der Waals surface area contributed by atoms with Gasteiger partial charge in [-0.1, -0.05) is 30.3 Å². The van der Waals surface area contributed by atoms with Crippen LogP contribution in [0.15, 0.2) is 48.5 Å². The molecule has 1 atom stereocenters. The highest BCUT2D eigenvalue weighted by Crippen LogP contribution is 2.16. The maximum Gasteiger partial charge on any atom is 0.252 e. The molecule has 2 aromatic carbocycles. The Balaban J connectivity index is 1.90. The van der Waals surface area contributed by atoms with E-state index in [2.05, 4.69) is 27.9 Å². The lowest BCUT2D eigenvalue weighted by atomic mass is 10.2. The van der Waals surface area contributed by atoms with Crippen molar-refractivity contribution in [1.29, 1.82) is 0 Å². The van der Waals surface area contributed by atoms with Crippen molar-refractivity contribution in [2.24, 2.45) is 0 Å². The summed E-state index contributed by atoms with van der Waals surface area (Å²) in [6.45, 7) is 4.39. The van der Waals surface area contributed by atoms with Crippen molar-refractivity contribution >= 4 is 28.5 Å². The number of carbonyl (C=O) groups excluding carboxylic acids is 1. The normalized spacial score (nSPS) is 11.8. The summed E-state index contributed by atoms with van der Waals surface area (Å²) in [5.74, 6) is 0.786. The topological polar surface area (TPSA) is 38.3 Å². The minimum absolute atomic E-state index is 0.0619.